The van der Waals surface area contributed by atoms with E-state index in [9.17, 15) is 0 Å². The van der Waals surface area contributed by atoms with Gasteiger partial charge in [0.1, 0.15) is 5.01 Å². The second-order valence-electron chi connectivity index (χ2n) is 4.46. The Labute approximate surface area is 121 Å². The van der Waals surface area contributed by atoms with Crippen molar-refractivity contribution in [3.63, 3.8) is 0 Å². The van der Waals surface area contributed by atoms with Gasteiger partial charge in [-0.1, -0.05) is 25.6 Å². The van der Waals surface area contributed by atoms with Crippen molar-refractivity contribution in [2.24, 2.45) is 0 Å². The number of nitrogens with one attached hydrogen (secondary N) is 1. The van der Waals surface area contributed by atoms with E-state index in [1.54, 1.807) is 23.1 Å². The van der Waals surface area contributed by atoms with E-state index in [4.69, 9.17) is 0 Å². The molecule has 0 atom stereocenters. The molecule has 0 aromatic carbocycles. The van der Waals surface area contributed by atoms with Crippen LogP contribution < -0.4 is 5.32 Å². The minimum Gasteiger partial charge on any atom is -0.313 e. The minimum atomic E-state index is 0.478. The maximum absolute atomic E-state index is 4.43. The van der Waals surface area contributed by atoms with Crippen LogP contribution in [0, 0.1) is 6.92 Å². The summed E-state index contributed by atoms with van der Waals surface area (Å²) in [4.78, 5) is 4.43. The molecule has 0 aliphatic carbocycles. The van der Waals surface area contributed by atoms with Crippen LogP contribution >= 0.6 is 23.1 Å². The molecule has 0 fully saturated rings. The maximum Gasteiger partial charge on any atom is 0.209 e. The normalized spacial score (nSPS) is 11.4. The molecule has 19 heavy (non-hydrogen) atoms. The molecular formula is C11H18N6S2. The van der Waals surface area contributed by atoms with Crippen LogP contribution in [0.3, 0.4) is 0 Å². The Kier molecular flexibility index (Phi) is 5.29. The van der Waals surface area contributed by atoms with E-state index in [-0.39, 0.29) is 0 Å². The molecule has 0 radical (unpaired) electrons. The second kappa shape index (κ2) is 6.97. The number of thioether (sulfide) groups is 1. The number of tetrazole rings is 1. The molecule has 6 nitrogen and oxygen atoms in total. The molecule has 0 aliphatic heterocycles. The highest BCUT2D eigenvalue weighted by Gasteiger charge is 2.08. The Morgan fingerprint density at radius 1 is 1.47 bits per heavy atom. The van der Waals surface area contributed by atoms with Crippen molar-refractivity contribution in [1.29, 1.82) is 0 Å². The number of aryl methyl sites for hydroxylation is 1. The van der Waals surface area contributed by atoms with Crippen LogP contribution in [-0.4, -0.2) is 37.8 Å². The van der Waals surface area contributed by atoms with Gasteiger partial charge in [0, 0.05) is 23.7 Å². The van der Waals surface area contributed by atoms with Crippen molar-refractivity contribution < 1.29 is 0 Å². The summed E-state index contributed by atoms with van der Waals surface area (Å²) < 4.78 is 1.83. The third-order valence-electron chi connectivity index (χ3n) is 2.37. The summed E-state index contributed by atoms with van der Waals surface area (Å²) in [7, 11) is 0. The van der Waals surface area contributed by atoms with Gasteiger partial charge in [-0.05, 0) is 17.4 Å². The smallest absolute Gasteiger partial charge is 0.209 e. The van der Waals surface area contributed by atoms with Crippen LogP contribution in [0.25, 0.3) is 0 Å². The largest absolute Gasteiger partial charge is 0.313 e. The number of rotatable bonds is 7. The Hall–Kier alpha value is -0.990. The fourth-order valence-electron chi connectivity index (χ4n) is 1.49. The minimum absolute atomic E-state index is 0.478. The van der Waals surface area contributed by atoms with Gasteiger partial charge in [0.05, 0.1) is 12.3 Å². The standard InChI is InChI=1S/C11H18N6S2/c1-8(2)12-4-5-17-11(14-15-16-17)19-7-10-13-9(3)6-18-10/h6,8,12H,4-5,7H2,1-3H3. The van der Waals surface area contributed by atoms with E-state index < -0.39 is 0 Å². The molecule has 0 amide bonds. The Balaban J connectivity index is 1.85. The van der Waals surface area contributed by atoms with Crippen molar-refractivity contribution in [2.45, 2.75) is 44.3 Å². The summed E-state index contributed by atoms with van der Waals surface area (Å²) in [5.74, 6) is 0.816. The second-order valence-corrected chi connectivity index (χ2v) is 6.35. The Morgan fingerprint density at radius 2 is 2.32 bits per heavy atom. The molecular weight excluding hydrogens is 280 g/mol. The van der Waals surface area contributed by atoms with Gasteiger partial charge in [-0.2, -0.15) is 0 Å². The molecule has 2 rings (SSSR count). The van der Waals surface area contributed by atoms with E-state index >= 15 is 0 Å². The summed E-state index contributed by atoms with van der Waals surface area (Å²) in [6.07, 6.45) is 0. The van der Waals surface area contributed by atoms with Gasteiger partial charge >= 0.3 is 0 Å². The first-order valence-electron chi connectivity index (χ1n) is 6.18. The van der Waals surface area contributed by atoms with Gasteiger partial charge in [0.15, 0.2) is 0 Å². The highest BCUT2D eigenvalue weighted by molar-refractivity contribution is 7.98. The molecule has 0 spiro atoms. The lowest BCUT2D eigenvalue weighted by Gasteiger charge is -2.08. The van der Waals surface area contributed by atoms with Crippen LogP contribution in [0.1, 0.15) is 24.5 Å². The molecule has 2 aromatic rings. The van der Waals surface area contributed by atoms with E-state index in [0.29, 0.717) is 6.04 Å². The molecule has 0 saturated carbocycles. The zero-order valence-corrected chi connectivity index (χ0v) is 13.0. The number of aromatic nitrogens is 5. The van der Waals surface area contributed by atoms with Crippen molar-refractivity contribution >= 4 is 23.1 Å². The predicted molar refractivity (Wildman–Crippen MR) is 77.4 cm³/mol. The third-order valence-corrected chi connectivity index (χ3v) is 4.48. The number of hydrogen-bond acceptors (Lipinski definition) is 7. The molecule has 104 valence electrons. The summed E-state index contributed by atoms with van der Waals surface area (Å²) in [5.41, 5.74) is 1.07. The van der Waals surface area contributed by atoms with Crippen molar-refractivity contribution in [3.8, 4) is 0 Å². The summed E-state index contributed by atoms with van der Waals surface area (Å²) in [5, 5.41) is 19.2. The topological polar surface area (TPSA) is 68.5 Å². The van der Waals surface area contributed by atoms with Gasteiger partial charge in [-0.15, -0.1) is 16.4 Å². The predicted octanol–water partition coefficient (Wildman–Crippen LogP) is 1.73. The van der Waals surface area contributed by atoms with Crippen LogP contribution in [0.5, 0.6) is 0 Å². The van der Waals surface area contributed by atoms with E-state index in [2.05, 4.69) is 45.1 Å². The zero-order valence-electron chi connectivity index (χ0n) is 11.3. The lowest BCUT2D eigenvalue weighted by atomic mass is 10.4. The van der Waals surface area contributed by atoms with E-state index in [1.807, 2.05) is 11.6 Å². The third kappa shape index (κ3) is 4.55. The molecule has 8 heteroatoms. The lowest BCUT2D eigenvalue weighted by Crippen LogP contribution is -2.27. The molecule has 2 aromatic heterocycles. The highest BCUT2D eigenvalue weighted by atomic mass is 32.2. The average molecular weight is 298 g/mol. The number of hydrogen-bond donors (Lipinski definition) is 1. The van der Waals surface area contributed by atoms with Crippen LogP contribution in [-0.2, 0) is 12.3 Å². The molecule has 0 saturated heterocycles. The highest BCUT2D eigenvalue weighted by Crippen LogP contribution is 2.21. The zero-order chi connectivity index (χ0) is 13.7. The Bertz CT molecular complexity index is 507. The summed E-state index contributed by atoms with van der Waals surface area (Å²) >= 11 is 3.30. The van der Waals surface area contributed by atoms with Crippen LogP contribution in [0.15, 0.2) is 10.5 Å². The van der Waals surface area contributed by atoms with E-state index in [1.165, 1.54) is 0 Å². The number of nitrogens with zero attached hydrogens (tertiary/aromatic N) is 5. The first kappa shape index (κ1) is 14.4. The maximum atomic E-state index is 4.43. The van der Waals surface area contributed by atoms with Crippen molar-refractivity contribution in [2.75, 3.05) is 6.54 Å². The number of thiazole rings is 1. The fourth-order valence-corrected chi connectivity index (χ4v) is 3.19. The summed E-state index contributed by atoms with van der Waals surface area (Å²) in [6, 6.07) is 0.478. The van der Waals surface area contributed by atoms with Crippen molar-refractivity contribution in [1.82, 2.24) is 30.5 Å². The molecule has 0 unspecified atom stereocenters. The molecule has 0 aliphatic rings. The molecule has 1 N–H and O–H groups in total. The fraction of sp³-hybridized carbons (Fsp3) is 0.636. The SMILES string of the molecule is Cc1csc(CSc2nnnn2CCNC(C)C)n1. The first-order valence-corrected chi connectivity index (χ1v) is 8.05. The summed E-state index contributed by atoms with van der Waals surface area (Å²) in [6.45, 7) is 7.91. The lowest BCUT2D eigenvalue weighted by molar-refractivity contribution is 0.485. The van der Waals surface area contributed by atoms with Gasteiger partial charge in [0.2, 0.25) is 5.16 Å². The van der Waals surface area contributed by atoms with Crippen LogP contribution in [0.4, 0.5) is 0 Å². The molecule has 2 heterocycles. The monoisotopic (exact) mass is 298 g/mol. The average Bonchev–Trinajstić information content (AvgIpc) is 2.95. The van der Waals surface area contributed by atoms with Gasteiger partial charge < -0.3 is 5.32 Å². The van der Waals surface area contributed by atoms with Gasteiger partial charge in [-0.25, -0.2) is 9.67 Å². The van der Waals surface area contributed by atoms with Crippen LogP contribution in [0.2, 0.25) is 0 Å². The van der Waals surface area contributed by atoms with Crippen molar-refractivity contribution in [3.05, 3.63) is 16.1 Å². The van der Waals surface area contributed by atoms with E-state index in [0.717, 1.165) is 34.7 Å². The Morgan fingerprint density at radius 3 is 3.00 bits per heavy atom. The van der Waals surface area contributed by atoms with Gasteiger partial charge in [0.25, 0.3) is 0 Å². The first-order chi connectivity index (χ1) is 9.15. The molecule has 0 bridgehead atoms. The van der Waals surface area contributed by atoms with Gasteiger partial charge in [-0.3, -0.25) is 0 Å². The quantitative estimate of drug-likeness (QED) is 0.785.